The molecule has 1 aromatic heterocycles. The summed E-state index contributed by atoms with van der Waals surface area (Å²) in [6.45, 7) is 5.02. The summed E-state index contributed by atoms with van der Waals surface area (Å²) < 4.78 is 7.05. The molecule has 0 aliphatic carbocycles. The van der Waals surface area contributed by atoms with Crippen LogP contribution in [0.25, 0.3) is 10.8 Å². The normalized spacial score (nSPS) is 10.8. The molecule has 0 aliphatic rings. The molecule has 0 spiro atoms. The molecule has 1 amide bonds. The van der Waals surface area contributed by atoms with Gasteiger partial charge in [0.2, 0.25) is 0 Å². The van der Waals surface area contributed by atoms with Gasteiger partial charge in [-0.05, 0) is 37.6 Å². The van der Waals surface area contributed by atoms with Gasteiger partial charge in [-0.2, -0.15) is 5.10 Å². The average molecular weight is 365 g/mol. The van der Waals surface area contributed by atoms with Crippen molar-refractivity contribution in [2.24, 2.45) is 0 Å². The zero-order chi connectivity index (χ0) is 19.4. The number of benzene rings is 2. The zero-order valence-corrected chi connectivity index (χ0v) is 15.8. The number of aromatic nitrogens is 2. The number of hydrogen-bond donors (Lipinski definition) is 0. The number of ether oxygens (including phenoxy) is 1. The van der Waals surface area contributed by atoms with Gasteiger partial charge in [0.15, 0.2) is 5.69 Å². The van der Waals surface area contributed by atoms with E-state index in [1.807, 2.05) is 38.1 Å². The van der Waals surface area contributed by atoms with Crippen LogP contribution in [0.4, 0.5) is 0 Å². The van der Waals surface area contributed by atoms with Crippen LogP contribution < -0.4 is 10.3 Å². The SMILES string of the molecule is CCn1nc(C(=O)N(C)CCOc2cccc(C)c2)c2ccccc2c1=O. The first kappa shape index (κ1) is 18.6. The van der Waals surface area contributed by atoms with E-state index in [2.05, 4.69) is 5.10 Å². The van der Waals surface area contributed by atoms with Crippen molar-refractivity contribution in [3.05, 3.63) is 70.1 Å². The van der Waals surface area contributed by atoms with E-state index in [1.54, 1.807) is 36.2 Å². The molecule has 0 saturated carbocycles. The predicted octanol–water partition coefficient (Wildman–Crippen LogP) is 2.88. The number of carbonyl (C=O) groups is 1. The Morgan fingerprint density at radius 1 is 1.15 bits per heavy atom. The molecule has 27 heavy (non-hydrogen) atoms. The van der Waals surface area contributed by atoms with E-state index in [-0.39, 0.29) is 17.2 Å². The molecule has 1 heterocycles. The average Bonchev–Trinajstić information content (AvgIpc) is 2.68. The molecule has 2 aromatic carbocycles. The minimum atomic E-state index is -0.235. The Morgan fingerprint density at radius 3 is 2.59 bits per heavy atom. The first-order chi connectivity index (χ1) is 13.0. The fourth-order valence-electron chi connectivity index (χ4n) is 2.90. The van der Waals surface area contributed by atoms with Gasteiger partial charge < -0.3 is 9.64 Å². The molecular formula is C21H23N3O3. The fraction of sp³-hybridized carbons (Fsp3) is 0.286. The third-order valence-corrected chi connectivity index (χ3v) is 4.40. The number of amides is 1. The molecule has 6 nitrogen and oxygen atoms in total. The van der Waals surface area contributed by atoms with Crippen LogP contribution in [0, 0.1) is 6.92 Å². The quantitative estimate of drug-likeness (QED) is 0.674. The van der Waals surface area contributed by atoms with Crippen molar-refractivity contribution in [2.45, 2.75) is 20.4 Å². The van der Waals surface area contributed by atoms with Crippen LogP contribution in [0.2, 0.25) is 0 Å². The number of hydrogen-bond acceptors (Lipinski definition) is 4. The summed E-state index contributed by atoms with van der Waals surface area (Å²) in [4.78, 5) is 26.9. The molecule has 140 valence electrons. The predicted molar refractivity (Wildman–Crippen MR) is 105 cm³/mol. The van der Waals surface area contributed by atoms with E-state index in [0.717, 1.165) is 11.3 Å². The van der Waals surface area contributed by atoms with Crippen molar-refractivity contribution in [1.29, 1.82) is 0 Å². The second-order valence-corrected chi connectivity index (χ2v) is 6.41. The molecule has 0 bridgehead atoms. The molecule has 0 aliphatic heterocycles. The monoisotopic (exact) mass is 365 g/mol. The summed E-state index contributed by atoms with van der Waals surface area (Å²) in [5.41, 5.74) is 1.22. The summed E-state index contributed by atoms with van der Waals surface area (Å²) in [5.74, 6) is 0.542. The smallest absolute Gasteiger partial charge is 0.274 e. The summed E-state index contributed by atoms with van der Waals surface area (Å²) in [7, 11) is 1.71. The molecule has 6 heteroatoms. The van der Waals surface area contributed by atoms with Crippen molar-refractivity contribution >= 4 is 16.7 Å². The fourth-order valence-corrected chi connectivity index (χ4v) is 2.90. The van der Waals surface area contributed by atoms with Crippen LogP contribution >= 0.6 is 0 Å². The largest absolute Gasteiger partial charge is 0.492 e. The Kier molecular flexibility index (Phi) is 5.54. The maximum atomic E-state index is 12.9. The van der Waals surface area contributed by atoms with Crippen molar-refractivity contribution in [1.82, 2.24) is 14.7 Å². The minimum Gasteiger partial charge on any atom is -0.492 e. The van der Waals surface area contributed by atoms with Gasteiger partial charge in [-0.15, -0.1) is 0 Å². The number of rotatable bonds is 6. The topological polar surface area (TPSA) is 64.4 Å². The highest BCUT2D eigenvalue weighted by Crippen LogP contribution is 2.15. The number of carbonyl (C=O) groups excluding carboxylic acids is 1. The van der Waals surface area contributed by atoms with Crippen molar-refractivity contribution in [2.75, 3.05) is 20.2 Å². The maximum absolute atomic E-state index is 12.9. The highest BCUT2D eigenvalue weighted by atomic mass is 16.5. The van der Waals surface area contributed by atoms with Gasteiger partial charge >= 0.3 is 0 Å². The Hall–Kier alpha value is -3.15. The molecule has 0 fully saturated rings. The number of aryl methyl sites for hydroxylation is 2. The first-order valence-electron chi connectivity index (χ1n) is 8.96. The summed E-state index contributed by atoms with van der Waals surface area (Å²) in [6.07, 6.45) is 0. The second kappa shape index (κ2) is 8.03. The van der Waals surface area contributed by atoms with E-state index < -0.39 is 0 Å². The van der Waals surface area contributed by atoms with Crippen molar-refractivity contribution < 1.29 is 9.53 Å². The van der Waals surface area contributed by atoms with Gasteiger partial charge in [-0.3, -0.25) is 9.59 Å². The second-order valence-electron chi connectivity index (χ2n) is 6.41. The standard InChI is InChI=1S/C21H23N3O3/c1-4-24-20(25)18-11-6-5-10-17(18)19(22-24)21(26)23(3)12-13-27-16-9-7-8-15(2)14-16/h5-11,14H,4,12-13H2,1-3H3. The Morgan fingerprint density at radius 2 is 1.89 bits per heavy atom. The lowest BCUT2D eigenvalue weighted by atomic mass is 10.1. The minimum absolute atomic E-state index is 0.185. The molecule has 0 N–H and O–H groups in total. The van der Waals surface area contributed by atoms with Crippen LogP contribution in [0.15, 0.2) is 53.3 Å². The van der Waals surface area contributed by atoms with Gasteiger partial charge in [0, 0.05) is 19.0 Å². The van der Waals surface area contributed by atoms with Gasteiger partial charge in [0.05, 0.1) is 11.9 Å². The van der Waals surface area contributed by atoms with Crippen LogP contribution in [0.1, 0.15) is 23.0 Å². The van der Waals surface area contributed by atoms with Crippen LogP contribution in [-0.2, 0) is 6.54 Å². The lowest BCUT2D eigenvalue weighted by Gasteiger charge is -2.18. The molecule has 3 rings (SSSR count). The maximum Gasteiger partial charge on any atom is 0.274 e. The van der Waals surface area contributed by atoms with Gasteiger partial charge in [-0.1, -0.05) is 30.3 Å². The zero-order valence-electron chi connectivity index (χ0n) is 15.8. The number of likely N-dealkylation sites (N-methyl/N-ethyl adjacent to an activating group) is 1. The van der Waals surface area contributed by atoms with E-state index >= 15 is 0 Å². The molecule has 3 aromatic rings. The van der Waals surface area contributed by atoms with E-state index in [9.17, 15) is 9.59 Å². The van der Waals surface area contributed by atoms with E-state index in [4.69, 9.17) is 4.74 Å². The van der Waals surface area contributed by atoms with Crippen LogP contribution in [-0.4, -0.2) is 40.8 Å². The molecule has 0 radical (unpaired) electrons. The Labute approximate surface area is 158 Å². The van der Waals surface area contributed by atoms with Crippen molar-refractivity contribution in [3.63, 3.8) is 0 Å². The summed E-state index contributed by atoms with van der Waals surface area (Å²) >= 11 is 0. The van der Waals surface area contributed by atoms with Crippen LogP contribution in [0.5, 0.6) is 5.75 Å². The molecule has 0 saturated heterocycles. The summed E-state index contributed by atoms with van der Waals surface area (Å²) in [6, 6.07) is 14.9. The lowest BCUT2D eigenvalue weighted by Crippen LogP contribution is -2.34. The number of fused-ring (bicyclic) bond motifs is 1. The molecular weight excluding hydrogens is 342 g/mol. The van der Waals surface area contributed by atoms with E-state index in [0.29, 0.717) is 30.5 Å². The third kappa shape index (κ3) is 4.00. The van der Waals surface area contributed by atoms with Crippen molar-refractivity contribution in [3.8, 4) is 5.75 Å². The van der Waals surface area contributed by atoms with Crippen LogP contribution in [0.3, 0.4) is 0 Å². The van der Waals surface area contributed by atoms with Gasteiger partial charge in [0.1, 0.15) is 12.4 Å². The van der Waals surface area contributed by atoms with Gasteiger partial charge in [0.25, 0.3) is 11.5 Å². The first-order valence-corrected chi connectivity index (χ1v) is 8.96. The van der Waals surface area contributed by atoms with E-state index in [1.165, 1.54) is 4.68 Å². The molecule has 0 unspecified atom stereocenters. The lowest BCUT2D eigenvalue weighted by molar-refractivity contribution is 0.0767. The third-order valence-electron chi connectivity index (χ3n) is 4.40. The number of nitrogens with zero attached hydrogens (tertiary/aromatic N) is 3. The highest BCUT2D eigenvalue weighted by molar-refractivity contribution is 6.04. The molecule has 0 atom stereocenters. The van der Waals surface area contributed by atoms with Gasteiger partial charge in [-0.25, -0.2) is 4.68 Å². The Balaban J connectivity index is 1.78. The summed E-state index contributed by atoms with van der Waals surface area (Å²) in [5, 5.41) is 5.36. The highest BCUT2D eigenvalue weighted by Gasteiger charge is 2.19. The Bertz CT molecular complexity index is 1030.